The molecule has 4 bridgehead atoms. The zero-order chi connectivity index (χ0) is 13.0. The lowest BCUT2D eigenvalue weighted by atomic mass is 9.54. The van der Waals surface area contributed by atoms with Crippen molar-refractivity contribution in [1.82, 2.24) is 14.9 Å². The molecule has 1 aromatic heterocycles. The number of nitrogens with zero attached hydrogens (tertiary/aromatic N) is 2. The molecule has 0 radical (unpaired) electrons. The molecule has 4 saturated carbocycles. The van der Waals surface area contributed by atoms with Crippen LogP contribution in [0.15, 0.2) is 12.4 Å². The lowest BCUT2D eigenvalue weighted by Crippen LogP contribution is -2.55. The number of hydrogen-bond donors (Lipinski definition) is 1. The number of aromatic nitrogens is 2. The number of aryl methyl sites for hydroxylation is 1. The molecular formula is C16H25N3. The lowest BCUT2D eigenvalue weighted by Gasteiger charge is -2.55. The Morgan fingerprint density at radius 3 is 2.32 bits per heavy atom. The summed E-state index contributed by atoms with van der Waals surface area (Å²) in [5, 5.41) is 3.92. The van der Waals surface area contributed by atoms with E-state index in [0.29, 0.717) is 6.04 Å². The van der Waals surface area contributed by atoms with E-state index in [-0.39, 0.29) is 0 Å². The first-order valence-electron chi connectivity index (χ1n) is 7.94. The first-order valence-corrected chi connectivity index (χ1v) is 7.94. The van der Waals surface area contributed by atoms with Crippen LogP contribution in [0.5, 0.6) is 0 Å². The fourth-order valence-electron chi connectivity index (χ4n) is 5.35. The summed E-state index contributed by atoms with van der Waals surface area (Å²) in [4.78, 5) is 4.50. The van der Waals surface area contributed by atoms with Gasteiger partial charge in [-0.2, -0.15) is 0 Å². The fraction of sp³-hybridized carbons (Fsp3) is 0.812. The highest BCUT2D eigenvalue weighted by Gasteiger charge is 2.48. The third kappa shape index (κ3) is 1.94. The number of hydrogen-bond acceptors (Lipinski definition) is 2. The van der Waals surface area contributed by atoms with Crippen LogP contribution in [0.1, 0.15) is 50.9 Å². The minimum Gasteiger partial charge on any atom is -0.337 e. The van der Waals surface area contributed by atoms with Gasteiger partial charge in [0.05, 0.1) is 6.04 Å². The fourth-order valence-corrected chi connectivity index (χ4v) is 5.35. The second-order valence-electron chi connectivity index (χ2n) is 7.24. The van der Waals surface area contributed by atoms with E-state index in [1.807, 2.05) is 12.4 Å². The summed E-state index contributed by atoms with van der Waals surface area (Å²) >= 11 is 0. The maximum Gasteiger partial charge on any atom is 0.125 e. The van der Waals surface area contributed by atoms with Crippen molar-refractivity contribution < 1.29 is 0 Å². The van der Waals surface area contributed by atoms with E-state index in [1.165, 1.54) is 37.9 Å². The molecule has 0 saturated heterocycles. The Balaban J connectivity index is 1.50. The van der Waals surface area contributed by atoms with Crippen LogP contribution >= 0.6 is 0 Å². The van der Waals surface area contributed by atoms with Crippen LogP contribution in [0.4, 0.5) is 0 Å². The van der Waals surface area contributed by atoms with E-state index < -0.39 is 0 Å². The molecule has 4 aliphatic carbocycles. The zero-order valence-electron chi connectivity index (χ0n) is 12.0. The summed E-state index contributed by atoms with van der Waals surface area (Å²) in [6.45, 7) is 2.27. The van der Waals surface area contributed by atoms with Crippen molar-refractivity contribution >= 4 is 0 Å². The normalized spacial score (nSPS) is 41.7. The van der Waals surface area contributed by atoms with Gasteiger partial charge < -0.3 is 9.88 Å². The van der Waals surface area contributed by atoms with Crippen LogP contribution in [0, 0.1) is 23.7 Å². The average molecular weight is 259 g/mol. The van der Waals surface area contributed by atoms with Crippen molar-refractivity contribution in [3.05, 3.63) is 18.2 Å². The van der Waals surface area contributed by atoms with Gasteiger partial charge in [-0.3, -0.25) is 0 Å². The van der Waals surface area contributed by atoms with E-state index in [2.05, 4.69) is 28.8 Å². The molecule has 0 amide bonds. The molecule has 1 atom stereocenters. The van der Waals surface area contributed by atoms with Crippen molar-refractivity contribution in [2.75, 3.05) is 0 Å². The molecule has 1 heterocycles. The monoisotopic (exact) mass is 259 g/mol. The second-order valence-corrected chi connectivity index (χ2v) is 7.24. The quantitative estimate of drug-likeness (QED) is 0.904. The summed E-state index contributed by atoms with van der Waals surface area (Å²) in [6.07, 6.45) is 11.4. The van der Waals surface area contributed by atoms with Gasteiger partial charge in [0, 0.05) is 25.5 Å². The Bertz CT molecular complexity index is 436. The van der Waals surface area contributed by atoms with Crippen LogP contribution in [-0.4, -0.2) is 15.6 Å². The van der Waals surface area contributed by atoms with E-state index in [4.69, 9.17) is 0 Å². The highest BCUT2D eigenvalue weighted by Crippen LogP contribution is 2.54. The number of imidazole rings is 1. The van der Waals surface area contributed by atoms with Crippen LogP contribution in [0.3, 0.4) is 0 Å². The molecule has 0 aromatic carbocycles. The molecule has 4 fully saturated rings. The predicted octanol–water partition coefficient (Wildman–Crippen LogP) is 2.90. The van der Waals surface area contributed by atoms with Gasteiger partial charge in [-0.15, -0.1) is 0 Å². The van der Waals surface area contributed by atoms with Gasteiger partial charge in [0.15, 0.2) is 0 Å². The van der Waals surface area contributed by atoms with Gasteiger partial charge in [0.1, 0.15) is 5.82 Å². The first-order chi connectivity index (χ1) is 9.20. The minimum atomic E-state index is 0.377. The largest absolute Gasteiger partial charge is 0.337 e. The molecule has 0 spiro atoms. The molecule has 4 aliphatic rings. The number of nitrogens with one attached hydrogen (secondary N) is 1. The summed E-state index contributed by atoms with van der Waals surface area (Å²) in [6, 6.07) is 1.13. The van der Waals surface area contributed by atoms with Gasteiger partial charge in [0.2, 0.25) is 0 Å². The van der Waals surface area contributed by atoms with Crippen LogP contribution in [0.2, 0.25) is 0 Å². The Morgan fingerprint density at radius 2 is 1.79 bits per heavy atom. The maximum atomic E-state index is 4.50. The predicted molar refractivity (Wildman–Crippen MR) is 75.6 cm³/mol. The maximum absolute atomic E-state index is 4.50. The van der Waals surface area contributed by atoms with Crippen molar-refractivity contribution in [2.24, 2.45) is 30.7 Å². The first kappa shape index (κ1) is 12.0. The molecule has 1 unspecified atom stereocenters. The Morgan fingerprint density at radius 1 is 1.16 bits per heavy atom. The molecular weight excluding hydrogens is 234 g/mol. The molecule has 0 aliphatic heterocycles. The lowest BCUT2D eigenvalue weighted by molar-refractivity contribution is -0.0175. The van der Waals surface area contributed by atoms with Gasteiger partial charge in [0.25, 0.3) is 0 Å². The molecule has 1 N–H and O–H groups in total. The van der Waals surface area contributed by atoms with Crippen molar-refractivity contribution in [3.63, 3.8) is 0 Å². The molecule has 3 nitrogen and oxygen atoms in total. The Labute approximate surface area is 115 Å². The summed E-state index contributed by atoms with van der Waals surface area (Å²) in [5.74, 6) is 5.18. The second kappa shape index (κ2) is 4.34. The molecule has 1 aromatic rings. The molecule has 5 rings (SSSR count). The minimum absolute atomic E-state index is 0.377. The summed E-state index contributed by atoms with van der Waals surface area (Å²) in [7, 11) is 2.09. The average Bonchev–Trinajstić information content (AvgIpc) is 2.79. The van der Waals surface area contributed by atoms with E-state index in [0.717, 1.165) is 29.7 Å². The highest BCUT2D eigenvalue weighted by molar-refractivity contribution is 5.04. The smallest absolute Gasteiger partial charge is 0.125 e. The van der Waals surface area contributed by atoms with E-state index in [1.54, 1.807) is 0 Å². The zero-order valence-corrected chi connectivity index (χ0v) is 12.0. The molecule has 3 heteroatoms. The highest BCUT2D eigenvalue weighted by atomic mass is 15.1. The van der Waals surface area contributed by atoms with Crippen molar-refractivity contribution in [1.29, 1.82) is 0 Å². The third-order valence-electron chi connectivity index (χ3n) is 5.91. The molecule has 19 heavy (non-hydrogen) atoms. The third-order valence-corrected chi connectivity index (χ3v) is 5.91. The van der Waals surface area contributed by atoms with Crippen molar-refractivity contribution in [2.45, 2.75) is 51.1 Å². The van der Waals surface area contributed by atoms with Gasteiger partial charge in [-0.1, -0.05) is 0 Å². The SMILES string of the molecule is CC(NC1C2CC3CC(C2)CC1C3)c1nccn1C. The number of rotatable bonds is 3. The van der Waals surface area contributed by atoms with Crippen LogP contribution in [0.25, 0.3) is 0 Å². The molecule has 104 valence electrons. The summed E-state index contributed by atoms with van der Waals surface area (Å²) in [5.41, 5.74) is 0. The van der Waals surface area contributed by atoms with Crippen molar-refractivity contribution in [3.8, 4) is 0 Å². The van der Waals surface area contributed by atoms with Crippen LogP contribution < -0.4 is 5.32 Å². The van der Waals surface area contributed by atoms with E-state index in [9.17, 15) is 0 Å². The van der Waals surface area contributed by atoms with Gasteiger partial charge >= 0.3 is 0 Å². The van der Waals surface area contributed by atoms with Crippen LogP contribution in [-0.2, 0) is 7.05 Å². The standard InChI is InChI=1S/C16H25N3/c1-10(16-17-3-4-19(16)2)18-15-13-6-11-5-12(8-13)9-14(15)7-11/h3-4,10-15,18H,5-9H2,1-2H3. The summed E-state index contributed by atoms with van der Waals surface area (Å²) < 4.78 is 2.15. The Kier molecular flexibility index (Phi) is 2.73. The van der Waals surface area contributed by atoms with Gasteiger partial charge in [-0.25, -0.2) is 4.98 Å². The van der Waals surface area contributed by atoms with Gasteiger partial charge in [-0.05, 0) is 62.7 Å². The Hall–Kier alpha value is -0.830. The van der Waals surface area contributed by atoms with E-state index >= 15 is 0 Å². The topological polar surface area (TPSA) is 29.9 Å².